The molecular formula is C32H41FO7. The summed E-state index contributed by atoms with van der Waals surface area (Å²) >= 11 is 0. The van der Waals surface area contributed by atoms with Gasteiger partial charge >= 0.3 is 12.1 Å². The third-order valence-electron chi connectivity index (χ3n) is 6.60. The SMILES string of the molecule is C=C(C)C(=O)Oc1ccc(-c2ccc(OCCCCCCCCCCCOCC3COC(=O)OC3)cc2)cc1F. The summed E-state index contributed by atoms with van der Waals surface area (Å²) in [6, 6.07) is 12.1. The van der Waals surface area contributed by atoms with Crippen LogP contribution in [0, 0.1) is 11.7 Å². The van der Waals surface area contributed by atoms with E-state index in [1.54, 1.807) is 6.07 Å². The summed E-state index contributed by atoms with van der Waals surface area (Å²) in [5.74, 6) is -0.432. The number of carbonyl (C=O) groups excluding carboxylic acids is 2. The summed E-state index contributed by atoms with van der Waals surface area (Å²) in [7, 11) is 0. The van der Waals surface area contributed by atoms with Crippen molar-refractivity contribution in [3.05, 3.63) is 60.4 Å². The lowest BCUT2D eigenvalue weighted by atomic mass is 10.1. The average molecular weight is 557 g/mol. The zero-order valence-electron chi connectivity index (χ0n) is 23.5. The lowest BCUT2D eigenvalue weighted by Gasteiger charge is -2.21. The number of cyclic esters (lactones) is 2. The number of rotatable bonds is 18. The molecule has 0 spiro atoms. The van der Waals surface area contributed by atoms with Gasteiger partial charge in [-0.05, 0) is 55.2 Å². The van der Waals surface area contributed by atoms with Gasteiger partial charge in [-0.25, -0.2) is 14.0 Å². The molecule has 0 aliphatic carbocycles. The standard InChI is InChI=1S/C32H41FO7/c1-24(2)31(34)40-30-17-14-27(20-29(30)33)26-12-15-28(16-13-26)37-19-11-9-7-5-3-4-6-8-10-18-36-21-25-22-38-32(35)39-23-25/h12-17,20,25H,1,3-11,18-19,21-23H2,2H3. The van der Waals surface area contributed by atoms with Gasteiger partial charge < -0.3 is 23.7 Å². The van der Waals surface area contributed by atoms with Crippen molar-refractivity contribution in [2.24, 2.45) is 5.92 Å². The molecule has 1 aliphatic rings. The van der Waals surface area contributed by atoms with Gasteiger partial charge in [0.2, 0.25) is 0 Å². The Labute approximate surface area is 236 Å². The lowest BCUT2D eigenvalue weighted by Crippen LogP contribution is -2.30. The van der Waals surface area contributed by atoms with Gasteiger partial charge in [-0.1, -0.05) is 69.7 Å². The van der Waals surface area contributed by atoms with Gasteiger partial charge in [0.05, 0.1) is 19.1 Å². The van der Waals surface area contributed by atoms with Crippen LogP contribution in [0.4, 0.5) is 9.18 Å². The fraction of sp³-hybridized carbons (Fsp3) is 0.500. The molecule has 0 aromatic heterocycles. The van der Waals surface area contributed by atoms with E-state index in [0.29, 0.717) is 32.0 Å². The first-order chi connectivity index (χ1) is 19.4. The number of hydrogen-bond acceptors (Lipinski definition) is 7. The molecule has 0 N–H and O–H groups in total. The van der Waals surface area contributed by atoms with Crippen molar-refractivity contribution in [2.75, 3.05) is 33.0 Å². The van der Waals surface area contributed by atoms with Crippen LogP contribution in [0.1, 0.15) is 64.7 Å². The number of benzene rings is 2. The second-order valence-electron chi connectivity index (χ2n) is 10.2. The summed E-state index contributed by atoms with van der Waals surface area (Å²) in [5, 5.41) is 0. The van der Waals surface area contributed by atoms with E-state index < -0.39 is 17.9 Å². The zero-order valence-corrected chi connectivity index (χ0v) is 23.5. The van der Waals surface area contributed by atoms with Crippen LogP contribution in [0.25, 0.3) is 11.1 Å². The Bertz CT molecular complexity index is 1070. The summed E-state index contributed by atoms with van der Waals surface area (Å²) in [4.78, 5) is 22.5. The molecule has 0 saturated carbocycles. The highest BCUT2D eigenvalue weighted by Gasteiger charge is 2.20. The number of carbonyl (C=O) groups is 2. The molecule has 0 radical (unpaired) electrons. The van der Waals surface area contributed by atoms with Crippen LogP contribution >= 0.6 is 0 Å². The molecule has 1 saturated heterocycles. The normalized spacial score (nSPS) is 13.4. The molecule has 0 unspecified atom stereocenters. The fourth-order valence-electron chi connectivity index (χ4n) is 4.24. The van der Waals surface area contributed by atoms with Crippen LogP contribution in [0.5, 0.6) is 11.5 Å². The predicted molar refractivity (Wildman–Crippen MR) is 151 cm³/mol. The smallest absolute Gasteiger partial charge is 0.494 e. The molecule has 0 amide bonds. The maximum absolute atomic E-state index is 14.4. The van der Waals surface area contributed by atoms with E-state index in [4.69, 9.17) is 23.7 Å². The molecule has 3 rings (SSSR count). The highest BCUT2D eigenvalue weighted by Crippen LogP contribution is 2.27. The Morgan fingerprint density at radius 3 is 2.05 bits per heavy atom. The van der Waals surface area contributed by atoms with Crippen LogP contribution in [0.3, 0.4) is 0 Å². The predicted octanol–water partition coefficient (Wildman–Crippen LogP) is 7.66. The zero-order chi connectivity index (χ0) is 28.6. The van der Waals surface area contributed by atoms with Crippen molar-refractivity contribution < 1.29 is 37.7 Å². The monoisotopic (exact) mass is 556 g/mol. The second kappa shape index (κ2) is 17.3. The van der Waals surface area contributed by atoms with Crippen LogP contribution in [0.2, 0.25) is 0 Å². The van der Waals surface area contributed by atoms with Crippen molar-refractivity contribution in [3.8, 4) is 22.6 Å². The van der Waals surface area contributed by atoms with Crippen molar-refractivity contribution in [1.82, 2.24) is 0 Å². The maximum Gasteiger partial charge on any atom is 0.508 e. The summed E-state index contributed by atoms with van der Waals surface area (Å²) in [5.41, 5.74) is 1.75. The van der Waals surface area contributed by atoms with Crippen LogP contribution < -0.4 is 9.47 Å². The number of unbranched alkanes of at least 4 members (excludes halogenated alkanes) is 8. The average Bonchev–Trinajstić information content (AvgIpc) is 2.95. The quantitative estimate of drug-likeness (QED) is 0.0807. The van der Waals surface area contributed by atoms with E-state index in [1.165, 1.54) is 57.6 Å². The maximum atomic E-state index is 14.4. The number of halogens is 1. The van der Waals surface area contributed by atoms with Crippen LogP contribution in [-0.2, 0) is 19.0 Å². The minimum atomic E-state index is -0.651. The minimum absolute atomic E-state index is 0.114. The highest BCUT2D eigenvalue weighted by molar-refractivity contribution is 5.88. The Morgan fingerprint density at radius 1 is 0.875 bits per heavy atom. The molecule has 40 heavy (non-hydrogen) atoms. The molecular weight excluding hydrogens is 515 g/mol. The van der Waals surface area contributed by atoms with Crippen molar-refractivity contribution >= 4 is 12.1 Å². The van der Waals surface area contributed by atoms with Gasteiger partial charge in [0.25, 0.3) is 0 Å². The van der Waals surface area contributed by atoms with Gasteiger partial charge in [0.1, 0.15) is 19.0 Å². The second-order valence-corrected chi connectivity index (χ2v) is 10.2. The molecule has 1 aliphatic heterocycles. The van der Waals surface area contributed by atoms with E-state index in [-0.39, 0.29) is 17.2 Å². The van der Waals surface area contributed by atoms with E-state index in [1.807, 2.05) is 24.3 Å². The largest absolute Gasteiger partial charge is 0.508 e. The molecule has 0 atom stereocenters. The first-order valence-corrected chi connectivity index (χ1v) is 14.2. The first kappa shape index (κ1) is 31.1. The summed E-state index contributed by atoms with van der Waals surface area (Å²) < 4.78 is 40.6. The Kier molecular flexibility index (Phi) is 13.5. The van der Waals surface area contributed by atoms with Crippen LogP contribution in [-0.4, -0.2) is 45.2 Å². The van der Waals surface area contributed by atoms with Gasteiger partial charge in [-0.15, -0.1) is 0 Å². The summed E-state index contributed by atoms with van der Waals surface area (Å²) in [6.07, 6.45) is 10.00. The molecule has 0 bridgehead atoms. The van der Waals surface area contributed by atoms with E-state index in [2.05, 4.69) is 6.58 Å². The fourth-order valence-corrected chi connectivity index (χ4v) is 4.24. The Morgan fingerprint density at radius 2 is 1.45 bits per heavy atom. The van der Waals surface area contributed by atoms with E-state index >= 15 is 0 Å². The molecule has 2 aromatic carbocycles. The van der Waals surface area contributed by atoms with Crippen molar-refractivity contribution in [2.45, 2.75) is 64.7 Å². The highest BCUT2D eigenvalue weighted by atomic mass is 19.1. The molecule has 8 heteroatoms. The number of ether oxygens (including phenoxy) is 5. The molecule has 1 fully saturated rings. The van der Waals surface area contributed by atoms with E-state index in [0.717, 1.165) is 37.2 Å². The molecule has 218 valence electrons. The number of hydrogen-bond donors (Lipinski definition) is 0. The van der Waals surface area contributed by atoms with E-state index in [9.17, 15) is 14.0 Å². The lowest BCUT2D eigenvalue weighted by molar-refractivity contribution is -0.130. The van der Waals surface area contributed by atoms with Gasteiger partial charge in [-0.3, -0.25) is 0 Å². The van der Waals surface area contributed by atoms with Gasteiger partial charge in [0.15, 0.2) is 11.6 Å². The third kappa shape index (κ3) is 11.4. The molecule has 1 heterocycles. The van der Waals surface area contributed by atoms with Crippen molar-refractivity contribution in [1.29, 1.82) is 0 Å². The Hall–Kier alpha value is -3.39. The van der Waals surface area contributed by atoms with Crippen LogP contribution in [0.15, 0.2) is 54.6 Å². The van der Waals surface area contributed by atoms with Gasteiger partial charge in [-0.2, -0.15) is 0 Å². The minimum Gasteiger partial charge on any atom is -0.494 e. The summed E-state index contributed by atoms with van der Waals surface area (Å²) in [6.45, 7) is 7.78. The molecule has 7 nitrogen and oxygen atoms in total. The van der Waals surface area contributed by atoms with Gasteiger partial charge in [0, 0.05) is 12.2 Å². The first-order valence-electron chi connectivity index (χ1n) is 14.2. The molecule has 2 aromatic rings. The topological polar surface area (TPSA) is 80.3 Å². The number of esters is 1. The van der Waals surface area contributed by atoms with Crippen molar-refractivity contribution in [3.63, 3.8) is 0 Å². The Balaban J connectivity index is 1.17. The third-order valence-corrected chi connectivity index (χ3v) is 6.60.